The molecule has 1 atom stereocenters. The lowest BCUT2D eigenvalue weighted by atomic mass is 10.2. The highest BCUT2D eigenvalue weighted by atomic mass is 79.9. The largest absolute Gasteiger partial charge is 0.473 e. The van der Waals surface area contributed by atoms with Crippen LogP contribution in [-0.4, -0.2) is 46.0 Å². The average molecular weight is 455 g/mol. The van der Waals surface area contributed by atoms with Gasteiger partial charge in [-0.15, -0.1) is 0 Å². The number of carboxylic acid groups (broad SMARTS) is 2. The summed E-state index contributed by atoms with van der Waals surface area (Å²) in [5, 5.41) is 17.4. The summed E-state index contributed by atoms with van der Waals surface area (Å²) in [6.07, 6.45) is 0. The normalized spacial score (nSPS) is 11.2. The molecule has 0 aliphatic rings. The second-order valence-corrected chi connectivity index (χ2v) is 6.71. The Kier molecular flexibility index (Phi) is 9.26. The molecule has 0 heterocycles. The van der Waals surface area contributed by atoms with Crippen molar-refractivity contribution in [3.05, 3.63) is 64.4 Å². The lowest BCUT2D eigenvalue weighted by Crippen LogP contribution is -2.39. The van der Waals surface area contributed by atoms with Crippen molar-refractivity contribution >= 4 is 39.5 Å². The molecule has 0 saturated heterocycles. The van der Waals surface area contributed by atoms with Gasteiger partial charge in [0.25, 0.3) is 0 Å². The molecule has 0 radical (unpaired) electrons. The van der Waals surface area contributed by atoms with Gasteiger partial charge in [-0.25, -0.2) is 14.0 Å². The van der Waals surface area contributed by atoms with E-state index >= 15 is 0 Å². The number of nitrogens with zero attached hydrogens (tertiary/aromatic N) is 1. The van der Waals surface area contributed by atoms with E-state index in [1.165, 1.54) is 6.07 Å². The van der Waals surface area contributed by atoms with Gasteiger partial charge in [0.1, 0.15) is 5.82 Å². The number of rotatable bonds is 5. The van der Waals surface area contributed by atoms with Crippen LogP contribution < -0.4 is 5.32 Å². The van der Waals surface area contributed by atoms with Gasteiger partial charge in [-0.3, -0.25) is 9.69 Å². The van der Waals surface area contributed by atoms with Crippen LogP contribution in [-0.2, 0) is 20.9 Å². The lowest BCUT2D eigenvalue weighted by molar-refractivity contribution is -0.159. The number of carbonyl (C=O) groups is 3. The molecule has 7 nitrogen and oxygen atoms in total. The minimum Gasteiger partial charge on any atom is -0.473 e. The fourth-order valence-electron chi connectivity index (χ4n) is 2.01. The highest BCUT2D eigenvalue weighted by molar-refractivity contribution is 9.10. The summed E-state index contributed by atoms with van der Waals surface area (Å²) in [6, 6.07) is 13.7. The number of anilines is 1. The van der Waals surface area contributed by atoms with E-state index < -0.39 is 17.8 Å². The number of amides is 1. The molecule has 0 saturated carbocycles. The van der Waals surface area contributed by atoms with Gasteiger partial charge in [0.05, 0.1) is 11.7 Å². The number of hydrogen-bond acceptors (Lipinski definition) is 4. The molecule has 28 heavy (non-hydrogen) atoms. The average Bonchev–Trinajstić information content (AvgIpc) is 2.65. The molecule has 2 aromatic rings. The summed E-state index contributed by atoms with van der Waals surface area (Å²) in [5.74, 6) is -4.31. The number of aliphatic carboxylic acids is 2. The number of carbonyl (C=O) groups excluding carboxylic acids is 1. The maximum atomic E-state index is 13.6. The van der Waals surface area contributed by atoms with Crippen molar-refractivity contribution in [2.24, 2.45) is 0 Å². The lowest BCUT2D eigenvalue weighted by Gasteiger charge is -2.24. The van der Waals surface area contributed by atoms with E-state index in [9.17, 15) is 9.18 Å². The Morgan fingerprint density at radius 1 is 1.07 bits per heavy atom. The van der Waals surface area contributed by atoms with Gasteiger partial charge in [-0.1, -0.05) is 40.2 Å². The quantitative estimate of drug-likeness (QED) is 0.598. The third kappa shape index (κ3) is 7.85. The minimum atomic E-state index is -1.82. The number of benzene rings is 2. The molecule has 0 aliphatic carbocycles. The summed E-state index contributed by atoms with van der Waals surface area (Å²) < 4.78 is 14.6. The molecule has 0 aliphatic heterocycles. The summed E-state index contributed by atoms with van der Waals surface area (Å²) in [7, 11) is 1.87. The predicted molar refractivity (Wildman–Crippen MR) is 105 cm³/mol. The first-order valence-electron chi connectivity index (χ1n) is 8.08. The van der Waals surface area contributed by atoms with Crippen LogP contribution in [0.5, 0.6) is 0 Å². The number of carboxylic acids is 2. The van der Waals surface area contributed by atoms with Gasteiger partial charge in [-0.2, -0.15) is 0 Å². The summed E-state index contributed by atoms with van der Waals surface area (Å²) in [4.78, 5) is 32.3. The van der Waals surface area contributed by atoms with Crippen molar-refractivity contribution in [3.8, 4) is 0 Å². The Bertz CT molecular complexity index is 817. The fourth-order valence-corrected chi connectivity index (χ4v) is 2.28. The zero-order valence-corrected chi connectivity index (χ0v) is 16.8. The zero-order valence-electron chi connectivity index (χ0n) is 15.2. The Labute approximate surface area is 169 Å². The summed E-state index contributed by atoms with van der Waals surface area (Å²) in [5.41, 5.74) is 1.31. The van der Waals surface area contributed by atoms with Crippen LogP contribution in [0, 0.1) is 5.82 Å². The molecule has 9 heteroatoms. The first kappa shape index (κ1) is 23.3. The van der Waals surface area contributed by atoms with Crippen molar-refractivity contribution in [1.29, 1.82) is 0 Å². The van der Waals surface area contributed by atoms with Crippen molar-refractivity contribution in [2.45, 2.75) is 19.5 Å². The third-order valence-corrected chi connectivity index (χ3v) is 4.23. The first-order valence-corrected chi connectivity index (χ1v) is 8.87. The van der Waals surface area contributed by atoms with Crippen LogP contribution in [0.4, 0.5) is 10.1 Å². The van der Waals surface area contributed by atoms with Gasteiger partial charge in [-0.05, 0) is 43.8 Å². The standard InChI is InChI=1S/C17H18BrFN2O.C2H2O4/c1-12(17(22)20-16-6-4-3-5-15(16)19)21(2)11-13-7-9-14(18)10-8-13;3-1(4)2(5)6/h3-10,12H,11H2,1-2H3,(H,20,22);(H,3,4)(H,5,6). The Balaban J connectivity index is 0.000000568. The van der Waals surface area contributed by atoms with E-state index in [0.29, 0.717) is 6.54 Å². The van der Waals surface area contributed by atoms with Crippen LogP contribution >= 0.6 is 15.9 Å². The molecule has 1 unspecified atom stereocenters. The fraction of sp³-hybridized carbons (Fsp3) is 0.211. The van der Waals surface area contributed by atoms with Crippen LogP contribution in [0.15, 0.2) is 53.0 Å². The Morgan fingerprint density at radius 3 is 2.11 bits per heavy atom. The predicted octanol–water partition coefficient (Wildman–Crippen LogP) is 3.20. The number of halogens is 2. The van der Waals surface area contributed by atoms with Crippen LogP contribution in [0.25, 0.3) is 0 Å². The molecule has 150 valence electrons. The van der Waals surface area contributed by atoms with E-state index in [1.54, 1.807) is 25.1 Å². The molecule has 3 N–H and O–H groups in total. The maximum Gasteiger partial charge on any atom is 0.414 e. The van der Waals surface area contributed by atoms with E-state index in [1.807, 2.05) is 36.2 Å². The van der Waals surface area contributed by atoms with Gasteiger partial charge in [0.2, 0.25) is 5.91 Å². The number of likely N-dealkylation sites (N-methyl/N-ethyl adjacent to an activating group) is 1. The molecular formula is C19H20BrFN2O5. The number of hydrogen-bond donors (Lipinski definition) is 3. The molecule has 0 aromatic heterocycles. The van der Waals surface area contributed by atoms with Crippen molar-refractivity contribution < 1.29 is 29.0 Å². The van der Waals surface area contributed by atoms with E-state index in [4.69, 9.17) is 19.8 Å². The Morgan fingerprint density at radius 2 is 1.61 bits per heavy atom. The molecule has 0 fully saturated rings. The second kappa shape index (κ2) is 11.2. The smallest absolute Gasteiger partial charge is 0.414 e. The molecule has 2 rings (SSSR count). The van der Waals surface area contributed by atoms with E-state index in [2.05, 4.69) is 21.2 Å². The minimum absolute atomic E-state index is 0.205. The van der Waals surface area contributed by atoms with Gasteiger partial charge in [0.15, 0.2) is 0 Å². The second-order valence-electron chi connectivity index (χ2n) is 5.80. The number of nitrogens with one attached hydrogen (secondary N) is 1. The van der Waals surface area contributed by atoms with Crippen LogP contribution in [0.1, 0.15) is 12.5 Å². The zero-order chi connectivity index (χ0) is 21.3. The maximum absolute atomic E-state index is 13.6. The topological polar surface area (TPSA) is 107 Å². The summed E-state index contributed by atoms with van der Waals surface area (Å²) in [6.45, 7) is 2.44. The molecule has 2 aromatic carbocycles. The highest BCUT2D eigenvalue weighted by Gasteiger charge is 2.19. The van der Waals surface area contributed by atoms with Gasteiger partial charge in [0, 0.05) is 11.0 Å². The van der Waals surface area contributed by atoms with Crippen LogP contribution in [0.3, 0.4) is 0 Å². The van der Waals surface area contributed by atoms with E-state index in [0.717, 1.165) is 10.0 Å². The SMILES string of the molecule is CC(C(=O)Nc1ccccc1F)N(C)Cc1ccc(Br)cc1.O=C(O)C(=O)O. The third-order valence-electron chi connectivity index (χ3n) is 3.70. The molecule has 1 amide bonds. The number of para-hydroxylation sites is 1. The summed E-state index contributed by atoms with van der Waals surface area (Å²) >= 11 is 3.39. The van der Waals surface area contributed by atoms with Gasteiger partial charge >= 0.3 is 11.9 Å². The Hall–Kier alpha value is -2.78. The van der Waals surface area contributed by atoms with E-state index in [-0.39, 0.29) is 17.6 Å². The molecular weight excluding hydrogens is 435 g/mol. The van der Waals surface area contributed by atoms with Gasteiger partial charge < -0.3 is 15.5 Å². The monoisotopic (exact) mass is 454 g/mol. The van der Waals surface area contributed by atoms with Crippen molar-refractivity contribution in [1.82, 2.24) is 4.90 Å². The van der Waals surface area contributed by atoms with Crippen molar-refractivity contribution in [3.63, 3.8) is 0 Å². The van der Waals surface area contributed by atoms with Crippen molar-refractivity contribution in [2.75, 3.05) is 12.4 Å². The molecule has 0 spiro atoms. The molecule has 0 bridgehead atoms. The van der Waals surface area contributed by atoms with Crippen LogP contribution in [0.2, 0.25) is 0 Å². The highest BCUT2D eigenvalue weighted by Crippen LogP contribution is 2.15. The first-order chi connectivity index (χ1) is 13.1.